The van der Waals surface area contributed by atoms with Crippen molar-refractivity contribution >= 4 is 15.9 Å². The van der Waals surface area contributed by atoms with Crippen LogP contribution in [0.15, 0.2) is 28.7 Å². The molecule has 1 atom stereocenters. The lowest BCUT2D eigenvalue weighted by atomic mass is 10.1. The fraction of sp³-hybridized carbons (Fsp3) is 0.571. The number of aliphatic hydroxyl groups excluding tert-OH is 1. The van der Waals surface area contributed by atoms with Crippen molar-refractivity contribution in [3.8, 4) is 0 Å². The van der Waals surface area contributed by atoms with Gasteiger partial charge in [-0.2, -0.15) is 0 Å². The van der Waals surface area contributed by atoms with E-state index >= 15 is 0 Å². The Labute approximate surface area is 118 Å². The third-order valence-corrected chi connectivity index (χ3v) is 2.83. The molecule has 0 aliphatic heterocycles. The van der Waals surface area contributed by atoms with Gasteiger partial charge < -0.3 is 15.2 Å². The van der Waals surface area contributed by atoms with Crippen molar-refractivity contribution in [1.29, 1.82) is 0 Å². The van der Waals surface area contributed by atoms with Crippen molar-refractivity contribution in [3.63, 3.8) is 0 Å². The summed E-state index contributed by atoms with van der Waals surface area (Å²) in [5.74, 6) is 0. The summed E-state index contributed by atoms with van der Waals surface area (Å²) in [4.78, 5) is 0. The molecule has 3 nitrogen and oxygen atoms in total. The molecule has 0 radical (unpaired) electrons. The number of halogens is 1. The third-order valence-electron chi connectivity index (χ3n) is 2.34. The number of ether oxygens (including phenoxy) is 1. The number of aliphatic hydroxyl groups is 1. The standard InChI is InChI=1S/C14H22BrNO2/c1-14(2,3)16-8-13(17)10-18-9-11-5-4-6-12(15)7-11/h4-7,13,16-17H,8-10H2,1-3H3. The van der Waals surface area contributed by atoms with Crippen LogP contribution in [0.1, 0.15) is 26.3 Å². The molecule has 4 heteroatoms. The van der Waals surface area contributed by atoms with Crippen molar-refractivity contribution < 1.29 is 9.84 Å². The maximum atomic E-state index is 9.75. The van der Waals surface area contributed by atoms with Crippen LogP contribution in [-0.2, 0) is 11.3 Å². The van der Waals surface area contributed by atoms with Crippen LogP contribution < -0.4 is 5.32 Å². The topological polar surface area (TPSA) is 41.5 Å². The van der Waals surface area contributed by atoms with Crippen molar-refractivity contribution in [2.24, 2.45) is 0 Å². The fourth-order valence-corrected chi connectivity index (χ4v) is 1.87. The van der Waals surface area contributed by atoms with Gasteiger partial charge in [-0.15, -0.1) is 0 Å². The van der Waals surface area contributed by atoms with E-state index in [-0.39, 0.29) is 5.54 Å². The average Bonchev–Trinajstić information content (AvgIpc) is 2.25. The van der Waals surface area contributed by atoms with E-state index in [0.29, 0.717) is 19.8 Å². The van der Waals surface area contributed by atoms with E-state index in [2.05, 4.69) is 42.0 Å². The highest BCUT2D eigenvalue weighted by atomic mass is 79.9. The summed E-state index contributed by atoms with van der Waals surface area (Å²) in [6.45, 7) is 7.62. The summed E-state index contributed by atoms with van der Waals surface area (Å²) in [7, 11) is 0. The Morgan fingerprint density at radius 3 is 2.72 bits per heavy atom. The first-order valence-corrected chi connectivity index (χ1v) is 6.91. The molecular formula is C14H22BrNO2. The van der Waals surface area contributed by atoms with Gasteiger partial charge in [-0.3, -0.25) is 0 Å². The molecule has 0 aliphatic rings. The Kier molecular flexibility index (Phi) is 6.29. The number of hydrogen-bond acceptors (Lipinski definition) is 3. The minimum absolute atomic E-state index is 0.0191. The lowest BCUT2D eigenvalue weighted by Crippen LogP contribution is -2.42. The van der Waals surface area contributed by atoms with Crippen molar-refractivity contribution in [2.45, 2.75) is 39.0 Å². The van der Waals surface area contributed by atoms with Crippen molar-refractivity contribution in [3.05, 3.63) is 34.3 Å². The Bertz CT molecular complexity index is 363. The SMILES string of the molecule is CC(C)(C)NCC(O)COCc1cccc(Br)c1. The van der Waals surface area contributed by atoms with E-state index < -0.39 is 6.10 Å². The number of hydrogen-bond donors (Lipinski definition) is 2. The highest BCUT2D eigenvalue weighted by molar-refractivity contribution is 9.10. The average molecular weight is 316 g/mol. The predicted octanol–water partition coefficient (Wildman–Crippen LogP) is 2.71. The first-order chi connectivity index (χ1) is 8.37. The van der Waals surface area contributed by atoms with Crippen LogP contribution >= 0.6 is 15.9 Å². The number of nitrogens with one attached hydrogen (secondary N) is 1. The maximum Gasteiger partial charge on any atom is 0.0898 e. The van der Waals surface area contributed by atoms with E-state index in [1.165, 1.54) is 0 Å². The van der Waals surface area contributed by atoms with Crippen LogP contribution in [0.4, 0.5) is 0 Å². The molecule has 0 aliphatic carbocycles. The van der Waals surface area contributed by atoms with Crippen molar-refractivity contribution in [2.75, 3.05) is 13.2 Å². The van der Waals surface area contributed by atoms with Gasteiger partial charge in [0.1, 0.15) is 0 Å². The van der Waals surface area contributed by atoms with E-state index in [0.717, 1.165) is 10.0 Å². The molecule has 0 aromatic heterocycles. The molecule has 1 aromatic rings. The quantitative estimate of drug-likeness (QED) is 0.848. The predicted molar refractivity (Wildman–Crippen MR) is 77.6 cm³/mol. The third kappa shape index (κ3) is 7.11. The highest BCUT2D eigenvalue weighted by Crippen LogP contribution is 2.12. The maximum absolute atomic E-state index is 9.75. The van der Waals surface area contributed by atoms with Crippen molar-refractivity contribution in [1.82, 2.24) is 5.32 Å². The molecular weight excluding hydrogens is 294 g/mol. The number of β-amino-alcohol motifs (C(OH)–C–C–N with tert-alkyl or cyclic N) is 1. The van der Waals surface area contributed by atoms with Crippen LogP contribution in [0.3, 0.4) is 0 Å². The van der Waals surface area contributed by atoms with Crippen LogP contribution in [-0.4, -0.2) is 29.9 Å². The highest BCUT2D eigenvalue weighted by Gasteiger charge is 2.12. The zero-order valence-corrected chi connectivity index (χ0v) is 12.8. The van der Waals surface area contributed by atoms with Gasteiger partial charge in [-0.1, -0.05) is 28.1 Å². The zero-order valence-electron chi connectivity index (χ0n) is 11.2. The molecule has 1 aromatic carbocycles. The Morgan fingerprint density at radius 2 is 2.11 bits per heavy atom. The van der Waals surface area contributed by atoms with Crippen LogP contribution in [0.2, 0.25) is 0 Å². The van der Waals surface area contributed by atoms with Crippen LogP contribution in [0, 0.1) is 0 Å². The summed E-state index contributed by atoms with van der Waals surface area (Å²) in [5, 5.41) is 13.0. The van der Waals surface area contributed by atoms with Gasteiger partial charge in [0.05, 0.1) is 19.3 Å². The zero-order chi connectivity index (χ0) is 13.6. The summed E-state index contributed by atoms with van der Waals surface area (Å²) < 4.78 is 6.53. The molecule has 0 bridgehead atoms. The Hall–Kier alpha value is -0.420. The van der Waals surface area contributed by atoms with E-state index in [9.17, 15) is 5.11 Å². The minimum atomic E-state index is -0.476. The molecule has 0 fully saturated rings. The van der Waals surface area contributed by atoms with E-state index in [4.69, 9.17) is 4.74 Å². The van der Waals surface area contributed by atoms with Gasteiger partial charge in [0.25, 0.3) is 0 Å². The lowest BCUT2D eigenvalue weighted by molar-refractivity contribution is 0.0261. The summed E-state index contributed by atoms with van der Waals surface area (Å²) in [5.41, 5.74) is 1.12. The smallest absolute Gasteiger partial charge is 0.0898 e. The Balaban J connectivity index is 2.21. The molecule has 1 rings (SSSR count). The normalized spacial score (nSPS) is 13.6. The van der Waals surface area contributed by atoms with Gasteiger partial charge in [-0.25, -0.2) is 0 Å². The molecule has 0 saturated carbocycles. The second-order valence-electron chi connectivity index (χ2n) is 5.43. The lowest BCUT2D eigenvalue weighted by Gasteiger charge is -2.22. The van der Waals surface area contributed by atoms with E-state index in [1.807, 2.05) is 24.3 Å². The second-order valence-corrected chi connectivity index (χ2v) is 6.35. The van der Waals surface area contributed by atoms with Gasteiger partial charge in [0.2, 0.25) is 0 Å². The first-order valence-electron chi connectivity index (χ1n) is 6.12. The summed E-state index contributed by atoms with van der Waals surface area (Å²) >= 11 is 3.41. The molecule has 18 heavy (non-hydrogen) atoms. The first kappa shape index (κ1) is 15.6. The Morgan fingerprint density at radius 1 is 1.39 bits per heavy atom. The van der Waals surface area contributed by atoms with E-state index in [1.54, 1.807) is 0 Å². The van der Waals surface area contributed by atoms with Crippen LogP contribution in [0.5, 0.6) is 0 Å². The molecule has 0 saturated heterocycles. The second kappa shape index (κ2) is 7.24. The van der Waals surface area contributed by atoms with Gasteiger partial charge in [0, 0.05) is 16.6 Å². The number of rotatable bonds is 6. The monoisotopic (exact) mass is 315 g/mol. The largest absolute Gasteiger partial charge is 0.389 e. The molecule has 1 unspecified atom stereocenters. The van der Waals surface area contributed by atoms with Gasteiger partial charge in [-0.05, 0) is 38.5 Å². The van der Waals surface area contributed by atoms with Gasteiger partial charge >= 0.3 is 0 Å². The fourth-order valence-electron chi connectivity index (χ4n) is 1.42. The summed E-state index contributed by atoms with van der Waals surface area (Å²) in [6, 6.07) is 7.97. The molecule has 0 heterocycles. The van der Waals surface area contributed by atoms with Gasteiger partial charge in [0.15, 0.2) is 0 Å². The molecule has 2 N–H and O–H groups in total. The molecule has 0 spiro atoms. The molecule has 0 amide bonds. The minimum Gasteiger partial charge on any atom is -0.389 e. The van der Waals surface area contributed by atoms with Crippen LogP contribution in [0.25, 0.3) is 0 Å². The number of benzene rings is 1. The summed E-state index contributed by atoms with van der Waals surface area (Å²) in [6.07, 6.45) is -0.476. The molecule has 102 valence electrons.